The van der Waals surface area contributed by atoms with Crippen LogP contribution in [0.5, 0.6) is 5.75 Å². The van der Waals surface area contributed by atoms with Gasteiger partial charge in [0.25, 0.3) is 0 Å². The summed E-state index contributed by atoms with van der Waals surface area (Å²) < 4.78 is 5.26. The summed E-state index contributed by atoms with van der Waals surface area (Å²) in [5.41, 5.74) is 3.61. The van der Waals surface area contributed by atoms with Crippen molar-refractivity contribution in [2.24, 2.45) is 10.9 Å². The van der Waals surface area contributed by atoms with E-state index in [2.05, 4.69) is 62.2 Å². The Hall–Kier alpha value is -2.09. The lowest BCUT2D eigenvalue weighted by atomic mass is 9.71. The van der Waals surface area contributed by atoms with Gasteiger partial charge in [0.05, 0.1) is 7.11 Å². The first-order valence-corrected chi connectivity index (χ1v) is 7.67. The van der Waals surface area contributed by atoms with Crippen LogP contribution in [0.25, 0.3) is 0 Å². The van der Waals surface area contributed by atoms with Crippen molar-refractivity contribution in [1.29, 1.82) is 0 Å². The van der Waals surface area contributed by atoms with Crippen LogP contribution in [0.3, 0.4) is 0 Å². The third-order valence-corrected chi connectivity index (χ3v) is 4.64. The standard InChI is InChI=1S/C20H25NO/c1-15(19(21-4)16-9-7-6-8-10-16)20(2,3)17-11-13-18(22-5)14-12-17/h6-15H,1-5H3. The van der Waals surface area contributed by atoms with Crippen molar-refractivity contribution < 1.29 is 4.74 Å². The van der Waals surface area contributed by atoms with E-state index in [0.29, 0.717) is 5.92 Å². The Balaban J connectivity index is 2.34. The van der Waals surface area contributed by atoms with E-state index in [1.54, 1.807) is 7.11 Å². The minimum Gasteiger partial charge on any atom is -0.497 e. The van der Waals surface area contributed by atoms with Gasteiger partial charge in [-0.15, -0.1) is 0 Å². The molecule has 0 N–H and O–H groups in total. The van der Waals surface area contributed by atoms with Gasteiger partial charge in [0.15, 0.2) is 0 Å². The zero-order valence-corrected chi connectivity index (χ0v) is 14.1. The van der Waals surface area contributed by atoms with Crippen molar-refractivity contribution in [2.45, 2.75) is 26.2 Å². The number of aliphatic imine (C=N–C) groups is 1. The molecule has 0 amide bonds. The van der Waals surface area contributed by atoms with Crippen LogP contribution in [0.2, 0.25) is 0 Å². The fourth-order valence-electron chi connectivity index (χ4n) is 2.79. The van der Waals surface area contributed by atoms with E-state index in [1.165, 1.54) is 11.1 Å². The number of hydrogen-bond acceptors (Lipinski definition) is 2. The summed E-state index contributed by atoms with van der Waals surface area (Å²) in [6.07, 6.45) is 0. The Labute approximate surface area is 133 Å². The highest BCUT2D eigenvalue weighted by atomic mass is 16.5. The molecule has 1 unspecified atom stereocenters. The molecule has 116 valence electrons. The summed E-state index contributed by atoms with van der Waals surface area (Å²) in [6.45, 7) is 6.79. The summed E-state index contributed by atoms with van der Waals surface area (Å²) in [5, 5.41) is 0. The van der Waals surface area contributed by atoms with Gasteiger partial charge in [0.1, 0.15) is 5.75 Å². The smallest absolute Gasteiger partial charge is 0.118 e. The fraction of sp³-hybridized carbons (Fsp3) is 0.350. The normalized spacial score (nSPS) is 13.8. The van der Waals surface area contributed by atoms with Crippen LogP contribution in [0.4, 0.5) is 0 Å². The molecular weight excluding hydrogens is 270 g/mol. The van der Waals surface area contributed by atoms with Crippen molar-refractivity contribution in [3.8, 4) is 5.75 Å². The van der Waals surface area contributed by atoms with Crippen LogP contribution < -0.4 is 4.74 Å². The van der Waals surface area contributed by atoms with E-state index in [9.17, 15) is 0 Å². The van der Waals surface area contributed by atoms with Crippen LogP contribution in [-0.2, 0) is 5.41 Å². The zero-order valence-electron chi connectivity index (χ0n) is 14.1. The van der Waals surface area contributed by atoms with Crippen molar-refractivity contribution in [3.63, 3.8) is 0 Å². The van der Waals surface area contributed by atoms with Crippen molar-refractivity contribution >= 4 is 5.71 Å². The monoisotopic (exact) mass is 295 g/mol. The van der Waals surface area contributed by atoms with Crippen molar-refractivity contribution in [2.75, 3.05) is 14.2 Å². The third-order valence-electron chi connectivity index (χ3n) is 4.64. The number of benzene rings is 2. The van der Waals surface area contributed by atoms with Crippen LogP contribution >= 0.6 is 0 Å². The molecule has 2 nitrogen and oxygen atoms in total. The van der Waals surface area contributed by atoms with Gasteiger partial charge in [-0.05, 0) is 28.7 Å². The van der Waals surface area contributed by atoms with E-state index in [-0.39, 0.29) is 5.41 Å². The Morgan fingerprint density at radius 1 is 1.00 bits per heavy atom. The summed E-state index contributed by atoms with van der Waals surface area (Å²) in [7, 11) is 3.57. The largest absolute Gasteiger partial charge is 0.497 e. The average Bonchev–Trinajstić information content (AvgIpc) is 2.56. The lowest BCUT2D eigenvalue weighted by Gasteiger charge is -2.33. The molecule has 0 bridgehead atoms. The van der Waals surface area contributed by atoms with E-state index in [1.807, 2.05) is 25.2 Å². The van der Waals surface area contributed by atoms with Gasteiger partial charge in [-0.25, -0.2) is 0 Å². The second-order valence-corrected chi connectivity index (χ2v) is 6.15. The van der Waals surface area contributed by atoms with Crippen molar-refractivity contribution in [1.82, 2.24) is 0 Å². The first kappa shape index (κ1) is 16.3. The van der Waals surface area contributed by atoms with E-state index < -0.39 is 0 Å². The predicted molar refractivity (Wildman–Crippen MR) is 94.1 cm³/mol. The summed E-state index contributed by atoms with van der Waals surface area (Å²) in [6, 6.07) is 18.8. The molecule has 0 aliphatic heterocycles. The van der Waals surface area contributed by atoms with Crippen LogP contribution in [0.15, 0.2) is 59.6 Å². The van der Waals surface area contributed by atoms with E-state index >= 15 is 0 Å². The highest BCUT2D eigenvalue weighted by Crippen LogP contribution is 2.34. The molecular formula is C20H25NO. The topological polar surface area (TPSA) is 21.6 Å². The highest BCUT2D eigenvalue weighted by molar-refractivity contribution is 6.02. The molecule has 0 aliphatic rings. The summed E-state index contributed by atoms with van der Waals surface area (Å²) in [5.74, 6) is 1.19. The number of ether oxygens (including phenoxy) is 1. The number of hydrogen-bond donors (Lipinski definition) is 0. The van der Waals surface area contributed by atoms with Crippen LogP contribution in [-0.4, -0.2) is 19.9 Å². The van der Waals surface area contributed by atoms with Gasteiger partial charge >= 0.3 is 0 Å². The zero-order chi connectivity index (χ0) is 16.2. The van der Waals surface area contributed by atoms with Gasteiger partial charge in [0.2, 0.25) is 0 Å². The van der Waals surface area contributed by atoms with Gasteiger partial charge in [-0.3, -0.25) is 4.99 Å². The Morgan fingerprint density at radius 3 is 2.09 bits per heavy atom. The predicted octanol–water partition coefficient (Wildman–Crippen LogP) is 4.73. The highest BCUT2D eigenvalue weighted by Gasteiger charge is 2.31. The SMILES string of the molecule is CN=C(c1ccccc1)C(C)C(C)(C)c1ccc(OC)cc1. The van der Waals surface area contributed by atoms with E-state index in [4.69, 9.17) is 4.74 Å². The molecule has 2 aromatic rings. The summed E-state index contributed by atoms with van der Waals surface area (Å²) >= 11 is 0. The average molecular weight is 295 g/mol. The Kier molecular flexibility index (Phi) is 5.02. The Bertz CT molecular complexity index is 627. The minimum absolute atomic E-state index is 0.0169. The van der Waals surface area contributed by atoms with Crippen LogP contribution in [0, 0.1) is 5.92 Å². The van der Waals surface area contributed by atoms with Gasteiger partial charge in [-0.2, -0.15) is 0 Å². The van der Waals surface area contributed by atoms with E-state index in [0.717, 1.165) is 11.5 Å². The lowest BCUT2D eigenvalue weighted by Crippen LogP contribution is -2.33. The lowest BCUT2D eigenvalue weighted by molar-refractivity contribution is 0.410. The van der Waals surface area contributed by atoms with Gasteiger partial charge in [0, 0.05) is 18.7 Å². The molecule has 0 radical (unpaired) electrons. The minimum atomic E-state index is -0.0169. The second-order valence-electron chi connectivity index (χ2n) is 6.15. The second kappa shape index (κ2) is 6.78. The van der Waals surface area contributed by atoms with Crippen molar-refractivity contribution in [3.05, 3.63) is 65.7 Å². The first-order valence-electron chi connectivity index (χ1n) is 7.67. The molecule has 0 heterocycles. The summed E-state index contributed by atoms with van der Waals surface area (Å²) in [4.78, 5) is 4.58. The third kappa shape index (κ3) is 3.22. The van der Waals surface area contributed by atoms with Crippen LogP contribution in [0.1, 0.15) is 31.9 Å². The molecule has 0 spiro atoms. The number of nitrogens with zero attached hydrogens (tertiary/aromatic N) is 1. The number of rotatable bonds is 5. The maximum absolute atomic E-state index is 5.26. The molecule has 0 saturated carbocycles. The molecule has 0 aliphatic carbocycles. The molecule has 2 aromatic carbocycles. The van der Waals surface area contributed by atoms with Gasteiger partial charge in [-0.1, -0.05) is 63.2 Å². The molecule has 2 heteroatoms. The quantitative estimate of drug-likeness (QED) is 0.731. The fourth-order valence-corrected chi connectivity index (χ4v) is 2.79. The molecule has 0 saturated heterocycles. The van der Waals surface area contributed by atoms with Gasteiger partial charge < -0.3 is 4.74 Å². The maximum Gasteiger partial charge on any atom is 0.118 e. The number of methoxy groups -OCH3 is 1. The first-order chi connectivity index (χ1) is 10.5. The Morgan fingerprint density at radius 2 is 1.59 bits per heavy atom. The molecule has 22 heavy (non-hydrogen) atoms. The molecule has 0 fully saturated rings. The molecule has 2 rings (SSSR count). The molecule has 1 atom stereocenters. The molecule has 0 aromatic heterocycles. The maximum atomic E-state index is 5.26.